The van der Waals surface area contributed by atoms with Crippen LogP contribution in [0.15, 0.2) is 62.9 Å². The van der Waals surface area contributed by atoms with E-state index in [0.717, 1.165) is 22.7 Å². The minimum atomic E-state index is -4.53. The van der Waals surface area contributed by atoms with E-state index >= 15 is 0 Å². The van der Waals surface area contributed by atoms with E-state index in [2.05, 4.69) is 15.2 Å². The lowest BCUT2D eigenvalue weighted by atomic mass is 10.2. The van der Waals surface area contributed by atoms with Crippen LogP contribution in [0.2, 0.25) is 0 Å². The molecular formula is C19H15F3N4O3S. The van der Waals surface area contributed by atoms with Crippen LogP contribution < -0.4 is 0 Å². The second kappa shape index (κ2) is 8.27. The molecule has 0 saturated carbocycles. The molecule has 0 spiro atoms. The fourth-order valence-corrected chi connectivity index (χ4v) is 3.55. The maximum absolute atomic E-state index is 12.9. The summed E-state index contributed by atoms with van der Waals surface area (Å²) in [5.41, 5.74) is 1.60. The number of amides is 1. The highest BCUT2D eigenvalue weighted by molar-refractivity contribution is 7.99. The van der Waals surface area contributed by atoms with E-state index in [-0.39, 0.29) is 29.2 Å². The highest BCUT2D eigenvalue weighted by atomic mass is 32.2. The Bertz CT molecular complexity index is 1140. The molecule has 0 bridgehead atoms. The van der Waals surface area contributed by atoms with Gasteiger partial charge in [-0.05, 0) is 18.2 Å². The Hall–Kier alpha value is -3.21. The number of thioether (sulfide) groups is 1. The van der Waals surface area contributed by atoms with Crippen molar-refractivity contribution in [1.82, 2.24) is 20.1 Å². The summed E-state index contributed by atoms with van der Waals surface area (Å²) in [4.78, 5) is 16.2. The van der Waals surface area contributed by atoms with Gasteiger partial charge in [0, 0.05) is 17.1 Å². The van der Waals surface area contributed by atoms with Gasteiger partial charge in [-0.15, -0.1) is 10.2 Å². The number of para-hydroxylation sites is 1. The van der Waals surface area contributed by atoms with Crippen LogP contribution in [-0.2, 0) is 11.3 Å². The Morgan fingerprint density at radius 3 is 2.77 bits per heavy atom. The van der Waals surface area contributed by atoms with Crippen molar-refractivity contribution in [3.05, 3.63) is 54.6 Å². The molecule has 0 unspecified atom stereocenters. The first kappa shape index (κ1) is 20.1. The van der Waals surface area contributed by atoms with E-state index in [1.165, 1.54) is 12.3 Å². The number of aromatic amines is 1. The van der Waals surface area contributed by atoms with Gasteiger partial charge in [-0.25, -0.2) is 0 Å². The zero-order chi connectivity index (χ0) is 21.1. The van der Waals surface area contributed by atoms with Crippen molar-refractivity contribution < 1.29 is 26.8 Å². The lowest BCUT2D eigenvalue weighted by Gasteiger charge is -2.22. The van der Waals surface area contributed by atoms with Gasteiger partial charge in [0.1, 0.15) is 12.3 Å². The highest BCUT2D eigenvalue weighted by Gasteiger charge is 2.33. The number of aromatic nitrogens is 3. The molecule has 3 heterocycles. The van der Waals surface area contributed by atoms with Crippen molar-refractivity contribution >= 4 is 28.6 Å². The number of furan rings is 1. The van der Waals surface area contributed by atoms with Crippen molar-refractivity contribution in [2.24, 2.45) is 0 Å². The van der Waals surface area contributed by atoms with Gasteiger partial charge < -0.3 is 18.7 Å². The topological polar surface area (TPSA) is 88.2 Å². The predicted molar refractivity (Wildman–Crippen MR) is 102 cm³/mol. The van der Waals surface area contributed by atoms with Crippen LogP contribution in [0.5, 0.6) is 0 Å². The van der Waals surface area contributed by atoms with Crippen LogP contribution in [0, 0.1) is 0 Å². The molecular weight excluding hydrogens is 421 g/mol. The molecule has 0 aliphatic heterocycles. The van der Waals surface area contributed by atoms with Crippen molar-refractivity contribution in [1.29, 1.82) is 0 Å². The molecule has 7 nitrogen and oxygen atoms in total. The summed E-state index contributed by atoms with van der Waals surface area (Å²) in [6.07, 6.45) is -1.46. The first-order valence-corrected chi connectivity index (χ1v) is 9.77. The Balaban J connectivity index is 1.43. The molecule has 0 aliphatic rings. The van der Waals surface area contributed by atoms with Gasteiger partial charge in [-0.3, -0.25) is 4.79 Å². The lowest BCUT2D eigenvalue weighted by molar-refractivity contribution is -0.161. The predicted octanol–water partition coefficient (Wildman–Crippen LogP) is 4.49. The first-order chi connectivity index (χ1) is 14.4. The molecule has 4 rings (SSSR count). The minimum absolute atomic E-state index is 0.0913. The fraction of sp³-hybridized carbons (Fsp3) is 0.211. The summed E-state index contributed by atoms with van der Waals surface area (Å²) in [7, 11) is 0. The number of benzene rings is 1. The van der Waals surface area contributed by atoms with Gasteiger partial charge in [0.2, 0.25) is 5.91 Å². The highest BCUT2D eigenvalue weighted by Crippen LogP contribution is 2.29. The maximum atomic E-state index is 12.9. The number of nitrogens with one attached hydrogen (secondary N) is 1. The number of H-pyrrole nitrogens is 1. The van der Waals surface area contributed by atoms with Gasteiger partial charge in [0.25, 0.3) is 11.1 Å². The number of carbonyl (C=O) groups is 1. The molecule has 3 aromatic heterocycles. The summed E-state index contributed by atoms with van der Waals surface area (Å²) in [5.74, 6) is -0.491. The molecule has 0 radical (unpaired) electrons. The van der Waals surface area contributed by atoms with E-state index in [0.29, 0.717) is 10.5 Å². The van der Waals surface area contributed by atoms with Crippen molar-refractivity contribution in [3.8, 4) is 11.5 Å². The van der Waals surface area contributed by atoms with Crippen LogP contribution in [0.3, 0.4) is 0 Å². The van der Waals surface area contributed by atoms with Gasteiger partial charge in [-0.2, -0.15) is 13.2 Å². The Morgan fingerprint density at radius 2 is 2.00 bits per heavy atom. The molecule has 30 heavy (non-hydrogen) atoms. The quantitative estimate of drug-likeness (QED) is 0.430. The number of halogens is 3. The third-order valence-electron chi connectivity index (χ3n) is 4.19. The van der Waals surface area contributed by atoms with Crippen LogP contribution in [-0.4, -0.2) is 44.5 Å². The molecule has 1 amide bonds. The van der Waals surface area contributed by atoms with Crippen LogP contribution in [0.1, 0.15) is 5.76 Å². The van der Waals surface area contributed by atoms with Gasteiger partial charge >= 0.3 is 6.18 Å². The van der Waals surface area contributed by atoms with Crippen molar-refractivity contribution in [3.63, 3.8) is 0 Å². The molecule has 0 saturated heterocycles. The zero-order valence-corrected chi connectivity index (χ0v) is 16.2. The number of carbonyl (C=O) groups excluding carboxylic acids is 1. The van der Waals surface area contributed by atoms with Crippen molar-refractivity contribution in [2.75, 3.05) is 12.3 Å². The van der Waals surface area contributed by atoms with Crippen LogP contribution in [0.25, 0.3) is 22.4 Å². The number of fused-ring (bicyclic) bond motifs is 1. The standard InChI is InChI=1S/C19H15F3N4O3S/c20-19(21,22)11-26(9-12-4-3-7-28-12)16(27)10-30-18-25-24-17(29-18)14-8-23-15-6-2-1-5-13(14)15/h1-8,23H,9-11H2. The SMILES string of the molecule is O=C(CSc1nnc(-c2c[nH]c3ccccc23)o1)N(Cc1ccco1)CC(F)(F)F. The van der Waals surface area contributed by atoms with Crippen LogP contribution in [0.4, 0.5) is 13.2 Å². The average molecular weight is 436 g/mol. The minimum Gasteiger partial charge on any atom is -0.467 e. The van der Waals surface area contributed by atoms with Gasteiger partial charge in [-0.1, -0.05) is 30.0 Å². The number of alkyl halides is 3. The molecule has 1 N–H and O–H groups in total. The molecule has 0 fully saturated rings. The van der Waals surface area contributed by atoms with E-state index in [1.54, 1.807) is 12.3 Å². The first-order valence-electron chi connectivity index (χ1n) is 8.79. The number of hydrogen-bond donors (Lipinski definition) is 1. The van der Waals surface area contributed by atoms with Gasteiger partial charge in [0.05, 0.1) is 24.1 Å². The zero-order valence-electron chi connectivity index (χ0n) is 15.3. The number of rotatable bonds is 7. The van der Waals surface area contributed by atoms with Crippen molar-refractivity contribution in [2.45, 2.75) is 17.9 Å². The summed E-state index contributed by atoms with van der Waals surface area (Å²) in [6, 6.07) is 10.6. The van der Waals surface area contributed by atoms with Crippen LogP contribution >= 0.6 is 11.8 Å². The lowest BCUT2D eigenvalue weighted by Crippen LogP contribution is -2.39. The number of hydrogen-bond acceptors (Lipinski definition) is 6. The van der Waals surface area contributed by atoms with Gasteiger partial charge in [0.15, 0.2) is 0 Å². The normalized spacial score (nSPS) is 11.8. The molecule has 0 aliphatic carbocycles. The third kappa shape index (κ3) is 4.67. The second-order valence-electron chi connectivity index (χ2n) is 6.35. The molecule has 1 aromatic carbocycles. The maximum Gasteiger partial charge on any atom is 0.406 e. The van der Waals surface area contributed by atoms with E-state index in [1.807, 2.05) is 24.3 Å². The summed E-state index contributed by atoms with van der Waals surface area (Å²) < 4.78 is 49.3. The molecule has 0 atom stereocenters. The summed E-state index contributed by atoms with van der Waals surface area (Å²) in [5, 5.41) is 8.84. The molecule has 156 valence electrons. The monoisotopic (exact) mass is 436 g/mol. The van der Waals surface area contributed by atoms with E-state index < -0.39 is 18.6 Å². The summed E-state index contributed by atoms with van der Waals surface area (Å²) >= 11 is 0.879. The van der Waals surface area contributed by atoms with E-state index in [4.69, 9.17) is 8.83 Å². The Morgan fingerprint density at radius 1 is 1.17 bits per heavy atom. The summed E-state index contributed by atoms with van der Waals surface area (Å²) in [6.45, 7) is -1.66. The smallest absolute Gasteiger partial charge is 0.406 e. The number of nitrogens with zero attached hydrogens (tertiary/aromatic N) is 3. The Labute approximate surface area is 172 Å². The van der Waals surface area contributed by atoms with E-state index in [9.17, 15) is 18.0 Å². The average Bonchev–Trinajstić information content (AvgIpc) is 3.44. The fourth-order valence-electron chi connectivity index (χ4n) is 2.88. The second-order valence-corrected chi connectivity index (χ2v) is 7.28. The third-order valence-corrected chi connectivity index (χ3v) is 5.00. The molecule has 11 heteroatoms. The molecule has 4 aromatic rings. The Kier molecular flexibility index (Phi) is 5.53. The largest absolute Gasteiger partial charge is 0.467 e.